The van der Waals surface area contributed by atoms with Crippen molar-refractivity contribution in [2.75, 3.05) is 33.1 Å². The topological polar surface area (TPSA) is 67.9 Å². The van der Waals surface area contributed by atoms with Gasteiger partial charge in [-0.3, -0.25) is 9.59 Å². The van der Waals surface area contributed by atoms with Gasteiger partial charge in [0.25, 0.3) is 5.91 Å². The lowest BCUT2D eigenvalue weighted by atomic mass is 10.2. The molecule has 132 valence electrons. The average Bonchev–Trinajstić information content (AvgIpc) is 2.62. The van der Waals surface area contributed by atoms with Crippen LogP contribution in [0.4, 0.5) is 5.69 Å². The first-order chi connectivity index (χ1) is 12.0. The van der Waals surface area contributed by atoms with Gasteiger partial charge in [-0.1, -0.05) is 29.8 Å². The van der Waals surface area contributed by atoms with Crippen LogP contribution in [-0.4, -0.2) is 44.5 Å². The van der Waals surface area contributed by atoms with Gasteiger partial charge in [-0.05, 0) is 18.2 Å². The molecule has 0 aliphatic heterocycles. The monoisotopic (exact) mass is 362 g/mol. The highest BCUT2D eigenvalue weighted by Crippen LogP contribution is 2.35. The lowest BCUT2D eigenvalue weighted by Gasteiger charge is -2.18. The first-order valence-corrected chi connectivity index (χ1v) is 7.86. The summed E-state index contributed by atoms with van der Waals surface area (Å²) in [4.78, 5) is 25.9. The summed E-state index contributed by atoms with van der Waals surface area (Å²) in [7, 11) is 4.53. The zero-order chi connectivity index (χ0) is 18.4. The highest BCUT2D eigenvalue weighted by molar-refractivity contribution is 6.32. The number of likely N-dealkylation sites (N-methyl/N-ethyl adjacent to an activating group) is 1. The molecule has 6 nitrogen and oxygen atoms in total. The van der Waals surface area contributed by atoms with Crippen LogP contribution in [0.1, 0.15) is 10.4 Å². The lowest BCUT2D eigenvalue weighted by Crippen LogP contribution is -2.35. The summed E-state index contributed by atoms with van der Waals surface area (Å²) in [5.41, 5.74) is 0.918. The van der Waals surface area contributed by atoms with Gasteiger partial charge in [0, 0.05) is 18.7 Å². The molecule has 0 saturated heterocycles. The summed E-state index contributed by atoms with van der Waals surface area (Å²) < 4.78 is 10.3. The third-order valence-corrected chi connectivity index (χ3v) is 3.79. The number of amides is 2. The van der Waals surface area contributed by atoms with E-state index in [-0.39, 0.29) is 18.4 Å². The Morgan fingerprint density at radius 2 is 1.72 bits per heavy atom. The number of nitrogens with zero attached hydrogens (tertiary/aromatic N) is 1. The minimum Gasteiger partial charge on any atom is -0.495 e. The fourth-order valence-corrected chi connectivity index (χ4v) is 2.48. The summed E-state index contributed by atoms with van der Waals surface area (Å²) in [6.07, 6.45) is 0. The van der Waals surface area contributed by atoms with Crippen LogP contribution in [-0.2, 0) is 4.79 Å². The Hall–Kier alpha value is -2.73. The maximum Gasteiger partial charge on any atom is 0.254 e. The molecule has 0 radical (unpaired) electrons. The molecule has 0 fully saturated rings. The molecule has 0 heterocycles. The normalized spacial score (nSPS) is 10.1. The Kier molecular flexibility index (Phi) is 6.25. The van der Waals surface area contributed by atoms with Crippen LogP contribution >= 0.6 is 11.6 Å². The Morgan fingerprint density at radius 1 is 1.08 bits per heavy atom. The summed E-state index contributed by atoms with van der Waals surface area (Å²) in [6.45, 7) is -0.111. The second-order valence-corrected chi connectivity index (χ2v) is 5.67. The van der Waals surface area contributed by atoms with E-state index >= 15 is 0 Å². The quantitative estimate of drug-likeness (QED) is 0.857. The number of halogens is 1. The fraction of sp³-hybridized carbons (Fsp3) is 0.222. The number of methoxy groups -OCH3 is 2. The third-order valence-electron chi connectivity index (χ3n) is 3.50. The molecule has 0 aliphatic rings. The second kappa shape index (κ2) is 8.39. The molecule has 0 unspecified atom stereocenters. The summed E-state index contributed by atoms with van der Waals surface area (Å²) in [5.74, 6) is 0.237. The molecule has 2 aromatic rings. The molecule has 0 saturated carbocycles. The van der Waals surface area contributed by atoms with E-state index in [1.54, 1.807) is 37.4 Å². The first-order valence-electron chi connectivity index (χ1n) is 7.48. The van der Waals surface area contributed by atoms with E-state index in [1.165, 1.54) is 25.2 Å². The molecular formula is C18H19ClN2O4. The van der Waals surface area contributed by atoms with Crippen LogP contribution < -0.4 is 14.8 Å². The number of ether oxygens (including phenoxy) is 2. The van der Waals surface area contributed by atoms with Crippen molar-refractivity contribution in [3.63, 3.8) is 0 Å². The van der Waals surface area contributed by atoms with Gasteiger partial charge in [0.05, 0.1) is 31.5 Å². The van der Waals surface area contributed by atoms with Crippen molar-refractivity contribution in [2.24, 2.45) is 0 Å². The molecule has 0 aromatic heterocycles. The Morgan fingerprint density at radius 3 is 2.32 bits per heavy atom. The molecule has 7 heteroatoms. The number of carbonyl (C=O) groups is 2. The smallest absolute Gasteiger partial charge is 0.254 e. The van der Waals surface area contributed by atoms with E-state index in [2.05, 4.69) is 5.32 Å². The van der Waals surface area contributed by atoms with Crippen molar-refractivity contribution in [3.8, 4) is 11.5 Å². The van der Waals surface area contributed by atoms with Crippen molar-refractivity contribution in [1.29, 1.82) is 0 Å². The van der Waals surface area contributed by atoms with E-state index in [9.17, 15) is 9.59 Å². The zero-order valence-corrected chi connectivity index (χ0v) is 15.0. The average molecular weight is 363 g/mol. The zero-order valence-electron chi connectivity index (χ0n) is 14.2. The predicted molar refractivity (Wildman–Crippen MR) is 96.6 cm³/mol. The minimum atomic E-state index is -0.369. The third kappa shape index (κ3) is 4.64. The van der Waals surface area contributed by atoms with Gasteiger partial charge < -0.3 is 19.7 Å². The number of rotatable bonds is 6. The van der Waals surface area contributed by atoms with Crippen molar-refractivity contribution in [1.82, 2.24) is 4.90 Å². The van der Waals surface area contributed by atoms with E-state index in [0.717, 1.165) is 0 Å². The van der Waals surface area contributed by atoms with Gasteiger partial charge in [0.15, 0.2) is 0 Å². The number of benzene rings is 2. The standard InChI is InChI=1S/C18H19ClN2O4/c1-21(18(23)12-7-5-4-6-8-12)11-17(22)20-14-9-13(19)15(24-2)10-16(14)25-3/h4-10H,11H2,1-3H3,(H,20,22). The molecule has 0 spiro atoms. The first kappa shape index (κ1) is 18.6. The molecule has 2 aromatic carbocycles. The van der Waals surface area contributed by atoms with Crippen LogP contribution in [0.3, 0.4) is 0 Å². The number of nitrogens with one attached hydrogen (secondary N) is 1. The molecule has 2 rings (SSSR count). The molecule has 0 atom stereocenters. The molecule has 1 N–H and O–H groups in total. The second-order valence-electron chi connectivity index (χ2n) is 5.26. The van der Waals surface area contributed by atoms with Gasteiger partial charge in [-0.2, -0.15) is 0 Å². The molecular weight excluding hydrogens is 344 g/mol. The van der Waals surface area contributed by atoms with Crippen LogP contribution in [0.25, 0.3) is 0 Å². The number of hydrogen-bond donors (Lipinski definition) is 1. The molecule has 2 amide bonds. The highest BCUT2D eigenvalue weighted by atomic mass is 35.5. The number of carbonyl (C=O) groups excluding carboxylic acids is 2. The van der Waals surface area contributed by atoms with Gasteiger partial charge in [-0.25, -0.2) is 0 Å². The van der Waals surface area contributed by atoms with Gasteiger partial charge >= 0.3 is 0 Å². The van der Waals surface area contributed by atoms with Gasteiger partial charge in [0.1, 0.15) is 11.5 Å². The highest BCUT2D eigenvalue weighted by Gasteiger charge is 2.17. The SMILES string of the molecule is COc1cc(OC)c(NC(=O)CN(C)C(=O)c2ccccc2)cc1Cl. The van der Waals surface area contributed by atoms with Crippen LogP contribution in [0, 0.1) is 0 Å². The van der Waals surface area contributed by atoms with Crippen molar-refractivity contribution >= 4 is 29.1 Å². The minimum absolute atomic E-state index is 0.111. The van der Waals surface area contributed by atoms with E-state index in [4.69, 9.17) is 21.1 Å². The predicted octanol–water partition coefficient (Wildman–Crippen LogP) is 3.07. The summed E-state index contributed by atoms with van der Waals surface area (Å²) in [6, 6.07) is 11.9. The van der Waals surface area contributed by atoms with Crippen LogP contribution in [0.2, 0.25) is 5.02 Å². The summed E-state index contributed by atoms with van der Waals surface area (Å²) >= 11 is 6.08. The molecule has 0 aliphatic carbocycles. The Bertz CT molecular complexity index is 765. The summed E-state index contributed by atoms with van der Waals surface area (Å²) in [5, 5.41) is 3.03. The van der Waals surface area contributed by atoms with E-state index in [1.807, 2.05) is 6.07 Å². The Balaban J connectivity index is 2.07. The molecule has 25 heavy (non-hydrogen) atoms. The van der Waals surface area contributed by atoms with Gasteiger partial charge in [0.2, 0.25) is 5.91 Å². The van der Waals surface area contributed by atoms with Crippen molar-refractivity contribution < 1.29 is 19.1 Å². The largest absolute Gasteiger partial charge is 0.495 e. The molecule has 0 bridgehead atoms. The van der Waals surface area contributed by atoms with Crippen LogP contribution in [0.15, 0.2) is 42.5 Å². The Labute approximate surface area is 151 Å². The van der Waals surface area contributed by atoms with E-state index in [0.29, 0.717) is 27.8 Å². The van der Waals surface area contributed by atoms with Crippen molar-refractivity contribution in [2.45, 2.75) is 0 Å². The van der Waals surface area contributed by atoms with Crippen LogP contribution in [0.5, 0.6) is 11.5 Å². The number of hydrogen-bond acceptors (Lipinski definition) is 4. The van der Waals surface area contributed by atoms with Gasteiger partial charge in [-0.15, -0.1) is 0 Å². The lowest BCUT2D eigenvalue weighted by molar-refractivity contribution is -0.116. The maximum atomic E-state index is 12.3. The fourth-order valence-electron chi connectivity index (χ4n) is 2.24. The van der Waals surface area contributed by atoms with E-state index < -0.39 is 0 Å². The maximum absolute atomic E-state index is 12.3. The van der Waals surface area contributed by atoms with Crippen molar-refractivity contribution in [3.05, 3.63) is 53.1 Å². The number of anilines is 1.